The van der Waals surface area contributed by atoms with E-state index in [9.17, 15) is 5.11 Å². The molecule has 3 aromatic rings. The predicted molar refractivity (Wildman–Crippen MR) is 95.8 cm³/mol. The molecule has 23 heavy (non-hydrogen) atoms. The van der Waals surface area contributed by atoms with Crippen LogP contribution in [0.2, 0.25) is 0 Å². The fraction of sp³-hybridized carbons (Fsp3) is 0.0500. The average molecular weight is 300 g/mol. The van der Waals surface area contributed by atoms with Crippen LogP contribution in [0, 0.1) is 6.92 Å². The topological polar surface area (TPSA) is 59.1 Å². The van der Waals surface area contributed by atoms with E-state index in [-0.39, 0.29) is 5.76 Å². The van der Waals surface area contributed by atoms with E-state index < -0.39 is 0 Å². The quantitative estimate of drug-likeness (QED) is 0.691. The summed E-state index contributed by atoms with van der Waals surface area (Å²) < 4.78 is 0. The number of nitrogens with two attached hydrogens (primary N) is 1. The van der Waals surface area contributed by atoms with E-state index in [4.69, 9.17) is 5.73 Å². The first-order valence-corrected chi connectivity index (χ1v) is 7.46. The number of allylic oxidation sites excluding steroid dienone is 2. The Morgan fingerprint density at radius 2 is 1.83 bits per heavy atom. The summed E-state index contributed by atoms with van der Waals surface area (Å²) in [5, 5.41) is 11.6. The summed E-state index contributed by atoms with van der Waals surface area (Å²) in [5.41, 5.74) is 12.6. The van der Waals surface area contributed by atoms with Gasteiger partial charge in [0, 0.05) is 22.2 Å². The number of aliphatic hydroxyl groups excluding tert-OH is 1. The highest BCUT2D eigenvalue weighted by Gasteiger charge is 2.27. The number of hydrogen-bond donors (Lipinski definition) is 2. The van der Waals surface area contributed by atoms with Crippen molar-refractivity contribution in [3.63, 3.8) is 0 Å². The lowest BCUT2D eigenvalue weighted by Gasteiger charge is -2.09. The van der Waals surface area contributed by atoms with Crippen molar-refractivity contribution < 1.29 is 5.11 Å². The minimum atomic E-state index is 0.215. The minimum Gasteiger partial charge on any atom is -0.507 e. The molecular weight excluding hydrogens is 284 g/mol. The van der Waals surface area contributed by atoms with Crippen molar-refractivity contribution in [1.82, 2.24) is 4.98 Å². The first kappa shape index (κ1) is 13.6. The number of nitrogens with zero attached hydrogens (tertiary/aromatic N) is 1. The standard InChI is InChI=1S/C20H16N2O/c1-11-7-8-13-15(9-11)12(2)19(20(13)23)18-10-16(21)14-5-3-4-6-17(14)22-18/h3-10,23H,2H2,1H3,(H2,21,22). The normalized spacial score (nSPS) is 13.7. The molecule has 112 valence electrons. The maximum atomic E-state index is 10.7. The molecule has 4 rings (SSSR count). The molecule has 1 aliphatic carbocycles. The van der Waals surface area contributed by atoms with E-state index in [1.165, 1.54) is 0 Å². The second-order valence-corrected chi connectivity index (χ2v) is 5.87. The molecule has 0 atom stereocenters. The Labute approximate surface area is 134 Å². The van der Waals surface area contributed by atoms with Crippen LogP contribution in [-0.2, 0) is 0 Å². The van der Waals surface area contributed by atoms with E-state index in [2.05, 4.69) is 11.6 Å². The molecule has 2 aromatic carbocycles. The number of aliphatic hydroxyl groups is 1. The third-order valence-corrected chi connectivity index (χ3v) is 4.30. The number of nitrogen functional groups attached to an aromatic ring is 1. The van der Waals surface area contributed by atoms with Gasteiger partial charge < -0.3 is 10.8 Å². The van der Waals surface area contributed by atoms with Gasteiger partial charge in [-0.05, 0) is 30.2 Å². The van der Waals surface area contributed by atoms with Crippen LogP contribution in [0.3, 0.4) is 0 Å². The molecule has 0 unspecified atom stereocenters. The lowest BCUT2D eigenvalue weighted by atomic mass is 10.00. The maximum absolute atomic E-state index is 10.7. The molecule has 0 aliphatic heterocycles. The van der Waals surface area contributed by atoms with Crippen molar-refractivity contribution in [1.29, 1.82) is 0 Å². The van der Waals surface area contributed by atoms with Crippen LogP contribution >= 0.6 is 0 Å². The highest BCUT2D eigenvalue weighted by molar-refractivity contribution is 6.19. The molecule has 0 radical (unpaired) electrons. The third-order valence-electron chi connectivity index (χ3n) is 4.30. The van der Waals surface area contributed by atoms with E-state index in [1.54, 1.807) is 6.07 Å². The molecule has 0 bridgehead atoms. The van der Waals surface area contributed by atoms with Crippen molar-refractivity contribution in [3.05, 3.63) is 77.5 Å². The summed E-state index contributed by atoms with van der Waals surface area (Å²) in [7, 11) is 0. The highest BCUT2D eigenvalue weighted by Crippen LogP contribution is 2.44. The number of para-hydroxylation sites is 1. The third kappa shape index (κ3) is 1.94. The number of hydrogen-bond acceptors (Lipinski definition) is 3. The first-order chi connectivity index (χ1) is 11.1. The Kier molecular flexibility index (Phi) is 2.78. The average Bonchev–Trinajstić information content (AvgIpc) is 2.78. The number of anilines is 1. The van der Waals surface area contributed by atoms with Gasteiger partial charge in [-0.15, -0.1) is 0 Å². The fourth-order valence-electron chi connectivity index (χ4n) is 3.13. The van der Waals surface area contributed by atoms with E-state index in [0.29, 0.717) is 17.0 Å². The zero-order chi connectivity index (χ0) is 16.1. The Balaban J connectivity index is 1.95. The molecule has 3 heteroatoms. The van der Waals surface area contributed by atoms with Crippen LogP contribution in [0.1, 0.15) is 22.4 Å². The van der Waals surface area contributed by atoms with Crippen molar-refractivity contribution >= 4 is 33.5 Å². The molecule has 0 fully saturated rings. The van der Waals surface area contributed by atoms with E-state index in [1.807, 2.05) is 49.4 Å². The van der Waals surface area contributed by atoms with Gasteiger partial charge in [0.1, 0.15) is 5.76 Å². The zero-order valence-corrected chi connectivity index (χ0v) is 12.8. The van der Waals surface area contributed by atoms with Crippen LogP contribution in [-0.4, -0.2) is 10.1 Å². The molecule has 0 saturated carbocycles. The number of aryl methyl sites for hydroxylation is 1. The van der Waals surface area contributed by atoms with Crippen molar-refractivity contribution in [2.45, 2.75) is 6.92 Å². The van der Waals surface area contributed by atoms with Crippen molar-refractivity contribution in [2.75, 3.05) is 5.73 Å². The van der Waals surface area contributed by atoms with Crippen molar-refractivity contribution in [2.24, 2.45) is 0 Å². The van der Waals surface area contributed by atoms with Crippen LogP contribution in [0.25, 0.3) is 27.8 Å². The van der Waals surface area contributed by atoms with E-state index >= 15 is 0 Å². The Morgan fingerprint density at radius 3 is 2.65 bits per heavy atom. The molecule has 1 heterocycles. The van der Waals surface area contributed by atoms with Gasteiger partial charge in [-0.25, -0.2) is 4.98 Å². The lowest BCUT2D eigenvalue weighted by molar-refractivity contribution is 0.515. The monoisotopic (exact) mass is 300 g/mol. The van der Waals surface area contributed by atoms with Crippen LogP contribution in [0.15, 0.2) is 55.1 Å². The van der Waals surface area contributed by atoms with Gasteiger partial charge in [0.05, 0.1) is 11.2 Å². The molecule has 0 saturated heterocycles. The van der Waals surface area contributed by atoms with Gasteiger partial charge in [0.15, 0.2) is 0 Å². The van der Waals surface area contributed by atoms with E-state index in [0.717, 1.165) is 33.2 Å². The summed E-state index contributed by atoms with van der Waals surface area (Å²) in [6.45, 7) is 6.18. The smallest absolute Gasteiger partial charge is 0.133 e. The molecule has 3 nitrogen and oxygen atoms in total. The lowest BCUT2D eigenvalue weighted by Crippen LogP contribution is -1.96. The molecular formula is C20H16N2O. The number of fused-ring (bicyclic) bond motifs is 2. The Morgan fingerprint density at radius 1 is 1.04 bits per heavy atom. The largest absolute Gasteiger partial charge is 0.507 e. The number of pyridine rings is 1. The van der Waals surface area contributed by atoms with Gasteiger partial charge in [0.25, 0.3) is 0 Å². The Bertz CT molecular complexity index is 1020. The zero-order valence-electron chi connectivity index (χ0n) is 12.8. The van der Waals surface area contributed by atoms with Crippen LogP contribution in [0.4, 0.5) is 5.69 Å². The summed E-state index contributed by atoms with van der Waals surface area (Å²) in [6, 6.07) is 15.5. The summed E-state index contributed by atoms with van der Waals surface area (Å²) in [5.74, 6) is 0.215. The predicted octanol–water partition coefficient (Wildman–Crippen LogP) is 4.58. The van der Waals surface area contributed by atoms with Crippen LogP contribution in [0.5, 0.6) is 0 Å². The SMILES string of the molecule is C=C1C(c2cc(N)c3ccccc3n2)=C(O)c2ccc(C)cc21. The molecule has 0 amide bonds. The fourth-order valence-corrected chi connectivity index (χ4v) is 3.13. The van der Waals surface area contributed by atoms with Crippen molar-refractivity contribution in [3.8, 4) is 0 Å². The van der Waals surface area contributed by atoms with Gasteiger partial charge in [-0.1, -0.05) is 48.5 Å². The second kappa shape index (κ2) is 4.71. The summed E-state index contributed by atoms with van der Waals surface area (Å²) in [4.78, 5) is 4.67. The maximum Gasteiger partial charge on any atom is 0.133 e. The van der Waals surface area contributed by atoms with Gasteiger partial charge in [0.2, 0.25) is 0 Å². The number of aromatic nitrogens is 1. The van der Waals surface area contributed by atoms with Gasteiger partial charge in [-0.2, -0.15) is 0 Å². The number of rotatable bonds is 1. The summed E-state index contributed by atoms with van der Waals surface area (Å²) in [6.07, 6.45) is 0. The molecule has 0 spiro atoms. The van der Waals surface area contributed by atoms with Crippen LogP contribution < -0.4 is 5.73 Å². The Hall–Kier alpha value is -3.07. The first-order valence-electron chi connectivity index (χ1n) is 7.46. The highest BCUT2D eigenvalue weighted by atomic mass is 16.3. The molecule has 1 aliphatic rings. The molecule has 1 aromatic heterocycles. The summed E-state index contributed by atoms with van der Waals surface area (Å²) >= 11 is 0. The number of benzene rings is 2. The van der Waals surface area contributed by atoms with Gasteiger partial charge in [-0.3, -0.25) is 0 Å². The second-order valence-electron chi connectivity index (χ2n) is 5.87. The van der Waals surface area contributed by atoms with Gasteiger partial charge >= 0.3 is 0 Å². The molecule has 3 N–H and O–H groups in total. The minimum absolute atomic E-state index is 0.215.